The van der Waals surface area contributed by atoms with Crippen LogP contribution in [0.2, 0.25) is 0 Å². The van der Waals surface area contributed by atoms with Gasteiger partial charge in [-0.2, -0.15) is 0 Å². The molecule has 0 aliphatic rings. The van der Waals surface area contributed by atoms with Crippen LogP contribution < -0.4 is 5.73 Å². The highest BCUT2D eigenvalue weighted by Gasteiger charge is 2.09. The lowest BCUT2D eigenvalue weighted by atomic mass is 10.1. The Balaban J connectivity index is 0. The molecule has 4 nitrogen and oxygen atoms in total. The summed E-state index contributed by atoms with van der Waals surface area (Å²) in [4.78, 5) is 20.4. The molecule has 1 unspecified atom stereocenters. The van der Waals surface area contributed by atoms with Crippen LogP contribution in [0.15, 0.2) is 0 Å². The topological polar surface area (TPSA) is 80.4 Å². The van der Waals surface area contributed by atoms with E-state index >= 15 is 0 Å². The average Bonchev–Trinajstić information content (AvgIpc) is 1.82. The molecule has 0 heterocycles. The second-order valence-electron chi connectivity index (χ2n) is 2.15. The fourth-order valence-corrected chi connectivity index (χ4v) is 0.482. The highest BCUT2D eigenvalue weighted by Crippen LogP contribution is 1.94. The summed E-state index contributed by atoms with van der Waals surface area (Å²) < 4.78 is 0. The van der Waals surface area contributed by atoms with Crippen molar-refractivity contribution in [3.8, 4) is 0 Å². The zero-order chi connectivity index (χ0) is 8.15. The number of rotatable bonds is 4. The molecule has 0 aromatic heterocycles. The SMILES string of the molecule is CC(=O)C(N)CCC(=O)O.Cl. The van der Waals surface area contributed by atoms with Crippen LogP contribution in [-0.2, 0) is 9.59 Å². The van der Waals surface area contributed by atoms with Crippen LogP contribution in [0.4, 0.5) is 0 Å². The van der Waals surface area contributed by atoms with Gasteiger partial charge < -0.3 is 10.8 Å². The molecule has 3 N–H and O–H groups in total. The summed E-state index contributed by atoms with van der Waals surface area (Å²) in [6.07, 6.45) is 0.186. The molecular weight excluding hydrogens is 170 g/mol. The molecule has 0 fully saturated rings. The first-order valence-corrected chi connectivity index (χ1v) is 3.02. The van der Waals surface area contributed by atoms with Crippen LogP contribution in [0.1, 0.15) is 19.8 Å². The first kappa shape index (κ1) is 13.0. The average molecular weight is 182 g/mol. The van der Waals surface area contributed by atoms with Crippen molar-refractivity contribution in [3.05, 3.63) is 0 Å². The third kappa shape index (κ3) is 7.29. The first-order chi connectivity index (χ1) is 4.54. The molecule has 0 aliphatic heterocycles. The van der Waals surface area contributed by atoms with Crippen LogP contribution in [0.3, 0.4) is 0 Å². The molecule has 0 rings (SSSR count). The molecule has 0 radical (unpaired) electrons. The maximum atomic E-state index is 10.4. The minimum absolute atomic E-state index is 0. The highest BCUT2D eigenvalue weighted by molar-refractivity contribution is 5.85. The van der Waals surface area contributed by atoms with E-state index in [-0.39, 0.29) is 31.0 Å². The van der Waals surface area contributed by atoms with Crippen molar-refractivity contribution in [3.63, 3.8) is 0 Å². The molecule has 0 bridgehead atoms. The Labute approximate surface area is 71.2 Å². The predicted octanol–water partition coefficient (Wildman–Crippen LogP) is 0.189. The lowest BCUT2D eigenvalue weighted by molar-refractivity contribution is -0.137. The van der Waals surface area contributed by atoms with E-state index in [1.165, 1.54) is 6.92 Å². The van der Waals surface area contributed by atoms with E-state index in [2.05, 4.69) is 0 Å². The van der Waals surface area contributed by atoms with Crippen molar-refractivity contribution in [2.75, 3.05) is 0 Å². The largest absolute Gasteiger partial charge is 0.481 e. The normalized spacial score (nSPS) is 11.5. The molecular formula is C6H12ClNO3. The third-order valence-electron chi connectivity index (χ3n) is 1.19. The van der Waals surface area contributed by atoms with E-state index in [9.17, 15) is 9.59 Å². The predicted molar refractivity (Wildman–Crippen MR) is 42.8 cm³/mol. The number of hydrogen-bond acceptors (Lipinski definition) is 3. The summed E-state index contributed by atoms with van der Waals surface area (Å²) in [6, 6.07) is -0.615. The Morgan fingerprint density at radius 2 is 2.00 bits per heavy atom. The van der Waals surface area contributed by atoms with Gasteiger partial charge >= 0.3 is 5.97 Å². The monoisotopic (exact) mass is 181 g/mol. The van der Waals surface area contributed by atoms with Crippen molar-refractivity contribution in [1.82, 2.24) is 0 Å². The summed E-state index contributed by atoms with van der Waals surface area (Å²) in [7, 11) is 0. The van der Waals surface area contributed by atoms with E-state index in [4.69, 9.17) is 10.8 Å². The van der Waals surface area contributed by atoms with Crippen molar-refractivity contribution in [2.24, 2.45) is 5.73 Å². The summed E-state index contributed by atoms with van der Waals surface area (Å²) in [6.45, 7) is 1.35. The van der Waals surface area contributed by atoms with Crippen LogP contribution in [0, 0.1) is 0 Å². The van der Waals surface area contributed by atoms with Gasteiger partial charge in [-0.25, -0.2) is 0 Å². The first-order valence-electron chi connectivity index (χ1n) is 3.02. The van der Waals surface area contributed by atoms with Crippen LogP contribution >= 0.6 is 12.4 Å². The molecule has 0 spiro atoms. The second kappa shape index (κ2) is 6.12. The zero-order valence-electron chi connectivity index (χ0n) is 6.24. The molecule has 0 aromatic rings. The van der Waals surface area contributed by atoms with Gasteiger partial charge in [0.15, 0.2) is 0 Å². The van der Waals surface area contributed by atoms with E-state index in [1.807, 2.05) is 0 Å². The van der Waals surface area contributed by atoms with Gasteiger partial charge in [0.2, 0.25) is 0 Å². The lowest BCUT2D eigenvalue weighted by Gasteiger charge is -2.03. The number of aliphatic carboxylic acids is 1. The number of carboxylic acid groups (broad SMARTS) is 1. The fraction of sp³-hybridized carbons (Fsp3) is 0.667. The summed E-state index contributed by atoms with van der Waals surface area (Å²) >= 11 is 0. The van der Waals surface area contributed by atoms with Gasteiger partial charge in [-0.1, -0.05) is 0 Å². The minimum atomic E-state index is -0.920. The van der Waals surface area contributed by atoms with Crippen LogP contribution in [0.5, 0.6) is 0 Å². The Kier molecular flexibility index (Phi) is 7.24. The van der Waals surface area contributed by atoms with E-state index < -0.39 is 12.0 Å². The molecule has 1 atom stereocenters. The number of carbonyl (C=O) groups excluding carboxylic acids is 1. The van der Waals surface area contributed by atoms with Gasteiger partial charge in [-0.15, -0.1) is 12.4 Å². The maximum Gasteiger partial charge on any atom is 0.303 e. The lowest BCUT2D eigenvalue weighted by Crippen LogP contribution is -2.28. The van der Waals surface area contributed by atoms with E-state index in [1.54, 1.807) is 0 Å². The van der Waals surface area contributed by atoms with Gasteiger partial charge in [0.1, 0.15) is 5.78 Å². The highest BCUT2D eigenvalue weighted by atomic mass is 35.5. The van der Waals surface area contributed by atoms with Crippen LogP contribution in [0.25, 0.3) is 0 Å². The van der Waals surface area contributed by atoms with Gasteiger partial charge in [-0.05, 0) is 13.3 Å². The summed E-state index contributed by atoms with van der Waals surface area (Å²) in [5.41, 5.74) is 5.25. The molecule has 11 heavy (non-hydrogen) atoms. The Bertz CT molecular complexity index is 149. The fourth-order valence-electron chi connectivity index (χ4n) is 0.482. The number of carbonyl (C=O) groups is 2. The molecule has 5 heteroatoms. The molecule has 66 valence electrons. The van der Waals surface area contributed by atoms with Crippen molar-refractivity contribution in [1.29, 1.82) is 0 Å². The number of carboxylic acids is 1. The molecule has 0 amide bonds. The van der Waals surface area contributed by atoms with Gasteiger partial charge in [-0.3, -0.25) is 9.59 Å². The number of ketones is 1. The molecule has 0 saturated carbocycles. The third-order valence-corrected chi connectivity index (χ3v) is 1.19. The standard InChI is InChI=1S/C6H11NO3.ClH/c1-4(8)5(7)2-3-6(9)10;/h5H,2-3,7H2,1H3,(H,9,10);1H. The minimum Gasteiger partial charge on any atom is -0.481 e. The number of halogens is 1. The van der Waals surface area contributed by atoms with Gasteiger partial charge in [0.25, 0.3) is 0 Å². The number of hydrogen-bond donors (Lipinski definition) is 2. The number of nitrogens with two attached hydrogens (primary N) is 1. The maximum absolute atomic E-state index is 10.4. The van der Waals surface area contributed by atoms with Gasteiger partial charge in [0, 0.05) is 6.42 Å². The summed E-state index contributed by atoms with van der Waals surface area (Å²) in [5.74, 6) is -1.09. The Morgan fingerprint density at radius 1 is 1.55 bits per heavy atom. The zero-order valence-corrected chi connectivity index (χ0v) is 7.06. The molecule has 0 aliphatic carbocycles. The molecule has 0 saturated heterocycles. The number of Topliss-reactive ketones (excluding diaryl/α,β-unsaturated/α-hetero) is 1. The smallest absolute Gasteiger partial charge is 0.303 e. The quantitative estimate of drug-likeness (QED) is 0.649. The van der Waals surface area contributed by atoms with Crippen LogP contribution in [-0.4, -0.2) is 22.9 Å². The van der Waals surface area contributed by atoms with E-state index in [0.29, 0.717) is 0 Å². The molecule has 0 aromatic carbocycles. The van der Waals surface area contributed by atoms with Crippen molar-refractivity contribution in [2.45, 2.75) is 25.8 Å². The van der Waals surface area contributed by atoms with Gasteiger partial charge in [0.05, 0.1) is 6.04 Å². The Morgan fingerprint density at radius 3 is 2.27 bits per heavy atom. The second-order valence-corrected chi connectivity index (χ2v) is 2.15. The summed E-state index contributed by atoms with van der Waals surface area (Å²) in [5, 5.41) is 8.18. The van der Waals surface area contributed by atoms with E-state index in [0.717, 1.165) is 0 Å². The van der Waals surface area contributed by atoms with Crippen molar-refractivity contribution >= 4 is 24.2 Å². The van der Waals surface area contributed by atoms with Crippen molar-refractivity contribution < 1.29 is 14.7 Å². The Hall–Kier alpha value is -0.610.